The maximum Gasteiger partial charge on any atom is 0.326 e. The molecular formula is C17H23N3O4. The van der Waals surface area contributed by atoms with Crippen molar-refractivity contribution in [2.24, 2.45) is 11.8 Å². The van der Waals surface area contributed by atoms with Gasteiger partial charge in [0.1, 0.15) is 6.04 Å². The summed E-state index contributed by atoms with van der Waals surface area (Å²) in [6.45, 7) is 0.604. The Balaban J connectivity index is 1.31. The number of aryl methyl sites for hydroxylation is 1. The van der Waals surface area contributed by atoms with Gasteiger partial charge >= 0.3 is 5.97 Å². The van der Waals surface area contributed by atoms with E-state index in [0.717, 1.165) is 37.9 Å². The van der Waals surface area contributed by atoms with Crippen LogP contribution >= 0.6 is 0 Å². The average molecular weight is 333 g/mol. The standard InChI is InChI=1S/C17H23N3O4/c21-14(6-2-5-13-18-16(19-24-13)10-7-8-10)20-9-11-3-1-4-12(11)15(20)17(22)23/h10-12,15H,1-9H2,(H,22,23). The smallest absolute Gasteiger partial charge is 0.326 e. The van der Waals surface area contributed by atoms with Crippen molar-refractivity contribution < 1.29 is 19.2 Å². The molecule has 130 valence electrons. The Bertz CT molecular complexity index is 640. The van der Waals surface area contributed by atoms with Gasteiger partial charge in [-0.15, -0.1) is 0 Å². The fourth-order valence-electron chi connectivity index (χ4n) is 4.29. The van der Waals surface area contributed by atoms with Crippen LogP contribution in [-0.4, -0.2) is 44.6 Å². The first-order valence-corrected chi connectivity index (χ1v) is 8.98. The lowest BCUT2D eigenvalue weighted by Gasteiger charge is -2.24. The molecule has 1 aliphatic heterocycles. The lowest BCUT2D eigenvalue weighted by Crippen LogP contribution is -2.43. The summed E-state index contributed by atoms with van der Waals surface area (Å²) in [4.78, 5) is 30.1. The van der Waals surface area contributed by atoms with Gasteiger partial charge in [-0.2, -0.15) is 4.98 Å². The molecule has 0 spiro atoms. The monoisotopic (exact) mass is 333 g/mol. The molecule has 7 nitrogen and oxygen atoms in total. The Morgan fingerprint density at radius 3 is 2.83 bits per heavy atom. The number of aliphatic carboxylic acids is 1. The van der Waals surface area contributed by atoms with E-state index in [1.54, 1.807) is 4.90 Å². The third-order valence-electron chi connectivity index (χ3n) is 5.67. The normalized spacial score (nSPS) is 29.0. The molecule has 0 bridgehead atoms. The van der Waals surface area contributed by atoms with Gasteiger partial charge in [0, 0.05) is 25.3 Å². The van der Waals surface area contributed by atoms with Gasteiger partial charge in [-0.3, -0.25) is 4.79 Å². The Kier molecular flexibility index (Phi) is 4.02. The molecule has 0 aromatic carbocycles. The molecule has 2 saturated carbocycles. The van der Waals surface area contributed by atoms with E-state index in [1.165, 1.54) is 0 Å². The fourth-order valence-corrected chi connectivity index (χ4v) is 4.29. The van der Waals surface area contributed by atoms with Gasteiger partial charge in [-0.05, 0) is 43.9 Å². The number of carbonyl (C=O) groups excluding carboxylic acids is 1. The summed E-state index contributed by atoms with van der Waals surface area (Å²) < 4.78 is 5.21. The van der Waals surface area contributed by atoms with Crippen LogP contribution in [0.1, 0.15) is 62.6 Å². The molecule has 2 heterocycles. The van der Waals surface area contributed by atoms with Crippen LogP contribution in [0.5, 0.6) is 0 Å². The summed E-state index contributed by atoms with van der Waals surface area (Å²) in [6, 6.07) is -0.630. The van der Waals surface area contributed by atoms with Crippen molar-refractivity contribution in [3.63, 3.8) is 0 Å². The summed E-state index contributed by atoms with van der Waals surface area (Å²) in [5.74, 6) is 1.43. The van der Waals surface area contributed by atoms with Crippen molar-refractivity contribution in [1.82, 2.24) is 15.0 Å². The maximum absolute atomic E-state index is 12.5. The lowest BCUT2D eigenvalue weighted by atomic mass is 9.94. The molecule has 1 amide bonds. The topological polar surface area (TPSA) is 96.5 Å². The number of rotatable bonds is 6. The molecule has 2 aliphatic carbocycles. The van der Waals surface area contributed by atoms with E-state index in [-0.39, 0.29) is 11.8 Å². The molecule has 3 fully saturated rings. The molecule has 3 aliphatic rings. The average Bonchev–Trinajstić information content (AvgIpc) is 2.96. The van der Waals surface area contributed by atoms with Crippen molar-refractivity contribution in [2.45, 2.75) is 63.3 Å². The summed E-state index contributed by atoms with van der Waals surface area (Å²) in [5, 5.41) is 13.5. The highest BCUT2D eigenvalue weighted by molar-refractivity contribution is 5.84. The minimum atomic E-state index is -0.858. The third kappa shape index (κ3) is 2.91. The van der Waals surface area contributed by atoms with E-state index < -0.39 is 12.0 Å². The van der Waals surface area contributed by atoms with Gasteiger partial charge in [0.25, 0.3) is 0 Å². The number of fused-ring (bicyclic) bond motifs is 1. The van der Waals surface area contributed by atoms with Crippen LogP contribution in [0.15, 0.2) is 4.52 Å². The van der Waals surface area contributed by atoms with Crippen LogP contribution in [0, 0.1) is 11.8 Å². The number of aromatic nitrogens is 2. The van der Waals surface area contributed by atoms with Crippen LogP contribution in [-0.2, 0) is 16.0 Å². The predicted octanol–water partition coefficient (Wildman–Crippen LogP) is 1.98. The number of likely N-dealkylation sites (tertiary alicyclic amines) is 1. The molecule has 3 atom stereocenters. The second-order valence-electron chi connectivity index (χ2n) is 7.36. The highest BCUT2D eigenvalue weighted by atomic mass is 16.5. The van der Waals surface area contributed by atoms with Crippen molar-refractivity contribution >= 4 is 11.9 Å². The van der Waals surface area contributed by atoms with E-state index in [9.17, 15) is 14.7 Å². The van der Waals surface area contributed by atoms with Crippen LogP contribution in [0.4, 0.5) is 0 Å². The summed E-state index contributed by atoms with van der Waals surface area (Å²) >= 11 is 0. The Morgan fingerprint density at radius 2 is 2.08 bits per heavy atom. The molecule has 7 heteroatoms. The molecule has 1 aromatic heterocycles. The zero-order valence-electron chi connectivity index (χ0n) is 13.7. The Hall–Kier alpha value is -1.92. The number of nitrogens with zero attached hydrogens (tertiary/aromatic N) is 3. The van der Waals surface area contributed by atoms with Crippen LogP contribution in [0.3, 0.4) is 0 Å². The van der Waals surface area contributed by atoms with E-state index in [4.69, 9.17) is 4.52 Å². The number of amides is 1. The lowest BCUT2D eigenvalue weighted by molar-refractivity contribution is -0.149. The fraction of sp³-hybridized carbons (Fsp3) is 0.765. The summed E-state index contributed by atoms with van der Waals surface area (Å²) in [6.07, 6.45) is 6.84. The minimum absolute atomic E-state index is 0.0567. The first-order valence-electron chi connectivity index (χ1n) is 8.98. The van der Waals surface area contributed by atoms with Crippen molar-refractivity contribution in [3.05, 3.63) is 11.7 Å². The largest absolute Gasteiger partial charge is 0.480 e. The van der Waals surface area contributed by atoms with Gasteiger partial charge in [-0.1, -0.05) is 11.6 Å². The van der Waals surface area contributed by atoms with Crippen molar-refractivity contribution in [2.75, 3.05) is 6.54 Å². The maximum atomic E-state index is 12.5. The molecule has 24 heavy (non-hydrogen) atoms. The molecule has 0 radical (unpaired) electrons. The van der Waals surface area contributed by atoms with E-state index >= 15 is 0 Å². The van der Waals surface area contributed by atoms with Crippen LogP contribution in [0.25, 0.3) is 0 Å². The first-order chi connectivity index (χ1) is 11.6. The van der Waals surface area contributed by atoms with Gasteiger partial charge in [-0.25, -0.2) is 4.79 Å². The van der Waals surface area contributed by atoms with Crippen LogP contribution in [0.2, 0.25) is 0 Å². The quantitative estimate of drug-likeness (QED) is 0.855. The second-order valence-corrected chi connectivity index (χ2v) is 7.36. The number of carbonyl (C=O) groups is 2. The zero-order valence-corrected chi connectivity index (χ0v) is 13.7. The third-order valence-corrected chi connectivity index (χ3v) is 5.67. The molecule has 4 rings (SSSR count). The predicted molar refractivity (Wildman–Crippen MR) is 83.2 cm³/mol. The first kappa shape index (κ1) is 15.6. The highest BCUT2D eigenvalue weighted by Gasteiger charge is 2.49. The highest BCUT2D eigenvalue weighted by Crippen LogP contribution is 2.42. The molecular weight excluding hydrogens is 310 g/mol. The Labute approximate surface area is 140 Å². The number of hydrogen-bond donors (Lipinski definition) is 1. The van der Waals surface area contributed by atoms with E-state index in [1.807, 2.05) is 0 Å². The van der Waals surface area contributed by atoms with Gasteiger partial charge in [0.2, 0.25) is 11.8 Å². The SMILES string of the molecule is O=C(O)C1C2CCCC2CN1C(=O)CCCc1nc(C2CC2)no1. The zero-order chi connectivity index (χ0) is 16.7. The van der Waals surface area contributed by atoms with E-state index in [2.05, 4.69) is 10.1 Å². The van der Waals surface area contributed by atoms with Gasteiger partial charge in [0.05, 0.1) is 0 Å². The molecule has 3 unspecified atom stereocenters. The number of carboxylic acids is 1. The van der Waals surface area contributed by atoms with Gasteiger partial charge in [0.15, 0.2) is 5.82 Å². The van der Waals surface area contributed by atoms with Crippen molar-refractivity contribution in [3.8, 4) is 0 Å². The Morgan fingerprint density at radius 1 is 1.25 bits per heavy atom. The summed E-state index contributed by atoms with van der Waals surface area (Å²) in [7, 11) is 0. The number of carboxylic acid groups (broad SMARTS) is 1. The van der Waals surface area contributed by atoms with Crippen molar-refractivity contribution in [1.29, 1.82) is 0 Å². The number of hydrogen-bond acceptors (Lipinski definition) is 5. The minimum Gasteiger partial charge on any atom is -0.480 e. The van der Waals surface area contributed by atoms with E-state index in [0.29, 0.717) is 43.5 Å². The van der Waals surface area contributed by atoms with Crippen LogP contribution < -0.4 is 0 Å². The van der Waals surface area contributed by atoms with Gasteiger partial charge < -0.3 is 14.5 Å². The molecule has 1 N–H and O–H groups in total. The molecule has 1 aromatic rings. The summed E-state index contributed by atoms with van der Waals surface area (Å²) in [5.41, 5.74) is 0. The molecule has 1 saturated heterocycles. The second kappa shape index (κ2) is 6.18.